The van der Waals surface area contributed by atoms with Gasteiger partial charge in [-0.1, -0.05) is 0 Å². The van der Waals surface area contributed by atoms with Crippen LogP contribution in [0.3, 0.4) is 0 Å². The summed E-state index contributed by atoms with van der Waals surface area (Å²) in [5.41, 5.74) is -1.29. The Hall–Kier alpha value is -1.59. The summed E-state index contributed by atoms with van der Waals surface area (Å²) in [4.78, 5) is 36.3. The number of hydrogen-bond donors (Lipinski definition) is 2. The molecule has 1 rings (SSSR count). The molecule has 1 aliphatic rings. The number of rotatable bonds is 6. The van der Waals surface area contributed by atoms with Crippen molar-refractivity contribution in [1.82, 2.24) is 10.2 Å². The van der Waals surface area contributed by atoms with Crippen LogP contribution in [0, 0.1) is 5.41 Å². The zero-order chi connectivity index (χ0) is 13.9. The molecule has 1 fully saturated rings. The van der Waals surface area contributed by atoms with E-state index < -0.39 is 23.3 Å². The third-order valence-corrected chi connectivity index (χ3v) is 3.39. The zero-order valence-electron chi connectivity index (χ0n) is 11.0. The van der Waals surface area contributed by atoms with Gasteiger partial charge < -0.3 is 15.3 Å². The first-order chi connectivity index (χ1) is 8.39. The van der Waals surface area contributed by atoms with Gasteiger partial charge in [0, 0.05) is 13.1 Å². The highest BCUT2D eigenvalue weighted by Gasteiger charge is 2.57. The van der Waals surface area contributed by atoms with Crippen LogP contribution in [-0.2, 0) is 14.4 Å². The first-order valence-corrected chi connectivity index (χ1v) is 6.22. The molecule has 18 heavy (non-hydrogen) atoms. The van der Waals surface area contributed by atoms with Crippen molar-refractivity contribution < 1.29 is 19.5 Å². The maximum atomic E-state index is 11.9. The topological polar surface area (TPSA) is 86.7 Å². The first kappa shape index (κ1) is 14.5. The van der Waals surface area contributed by atoms with E-state index in [1.165, 1.54) is 0 Å². The minimum absolute atomic E-state index is 0.186. The molecule has 0 aromatic carbocycles. The number of aliphatic carboxylic acids is 1. The first-order valence-electron chi connectivity index (χ1n) is 6.22. The number of hydrogen-bond acceptors (Lipinski definition) is 3. The van der Waals surface area contributed by atoms with Crippen LogP contribution < -0.4 is 5.32 Å². The average Bonchev–Trinajstić information content (AvgIpc) is 3.11. The fourth-order valence-corrected chi connectivity index (χ4v) is 1.87. The lowest BCUT2D eigenvalue weighted by atomic mass is 10.1. The van der Waals surface area contributed by atoms with Crippen LogP contribution in [0.2, 0.25) is 0 Å². The highest BCUT2D eigenvalue weighted by atomic mass is 16.4. The maximum absolute atomic E-state index is 11.9. The van der Waals surface area contributed by atoms with Gasteiger partial charge in [0.2, 0.25) is 11.8 Å². The monoisotopic (exact) mass is 256 g/mol. The van der Waals surface area contributed by atoms with Gasteiger partial charge in [-0.25, -0.2) is 0 Å². The van der Waals surface area contributed by atoms with Crippen molar-refractivity contribution in [3.8, 4) is 0 Å². The lowest BCUT2D eigenvalue weighted by Gasteiger charge is -2.24. The summed E-state index contributed by atoms with van der Waals surface area (Å²) in [5, 5.41) is 11.5. The Morgan fingerprint density at radius 1 is 1.28 bits per heavy atom. The second-order valence-electron chi connectivity index (χ2n) is 4.59. The van der Waals surface area contributed by atoms with Crippen LogP contribution in [0.15, 0.2) is 0 Å². The van der Waals surface area contributed by atoms with Gasteiger partial charge in [-0.2, -0.15) is 0 Å². The largest absolute Gasteiger partial charge is 0.480 e. The number of carbonyl (C=O) groups is 3. The lowest BCUT2D eigenvalue weighted by molar-refractivity contribution is -0.150. The van der Waals surface area contributed by atoms with Crippen molar-refractivity contribution in [1.29, 1.82) is 0 Å². The molecule has 0 heterocycles. The Labute approximate surface area is 106 Å². The van der Waals surface area contributed by atoms with E-state index in [4.69, 9.17) is 5.11 Å². The van der Waals surface area contributed by atoms with Crippen molar-refractivity contribution in [2.75, 3.05) is 13.1 Å². The van der Waals surface area contributed by atoms with E-state index in [2.05, 4.69) is 5.32 Å². The van der Waals surface area contributed by atoms with E-state index >= 15 is 0 Å². The third kappa shape index (κ3) is 2.63. The number of nitrogens with one attached hydrogen (secondary N) is 1. The number of carboxylic acid groups (broad SMARTS) is 1. The van der Waals surface area contributed by atoms with Gasteiger partial charge in [0.05, 0.1) is 0 Å². The van der Waals surface area contributed by atoms with Crippen LogP contribution in [0.25, 0.3) is 0 Å². The van der Waals surface area contributed by atoms with Gasteiger partial charge in [-0.3, -0.25) is 14.4 Å². The highest BCUT2D eigenvalue weighted by Crippen LogP contribution is 2.46. The quantitative estimate of drug-likeness (QED) is 0.666. The van der Waals surface area contributed by atoms with Gasteiger partial charge in [0.1, 0.15) is 11.5 Å². The lowest BCUT2D eigenvalue weighted by Crippen LogP contribution is -2.50. The molecule has 0 spiro atoms. The van der Waals surface area contributed by atoms with E-state index in [1.807, 2.05) is 13.8 Å². The summed E-state index contributed by atoms with van der Waals surface area (Å²) in [7, 11) is 0. The van der Waals surface area contributed by atoms with Gasteiger partial charge >= 0.3 is 5.97 Å². The molecule has 102 valence electrons. The van der Waals surface area contributed by atoms with Crippen LogP contribution in [0.1, 0.15) is 33.6 Å². The molecular weight excluding hydrogens is 236 g/mol. The molecule has 0 radical (unpaired) electrons. The smallest absolute Gasteiger partial charge is 0.319 e. The van der Waals surface area contributed by atoms with E-state index in [-0.39, 0.29) is 5.91 Å². The molecule has 6 heteroatoms. The third-order valence-electron chi connectivity index (χ3n) is 3.39. The number of likely N-dealkylation sites (N-methyl/N-ethyl adjacent to an activating group) is 1. The highest BCUT2D eigenvalue weighted by molar-refractivity contribution is 6.06. The van der Waals surface area contributed by atoms with Gasteiger partial charge in [-0.15, -0.1) is 0 Å². The summed E-state index contributed by atoms with van der Waals surface area (Å²) in [5.74, 6) is -1.85. The van der Waals surface area contributed by atoms with E-state index in [0.717, 1.165) is 0 Å². The van der Waals surface area contributed by atoms with Crippen molar-refractivity contribution >= 4 is 17.8 Å². The Balaban J connectivity index is 2.60. The molecule has 2 amide bonds. The molecular formula is C12H20N2O4. The van der Waals surface area contributed by atoms with Crippen LogP contribution in [0.4, 0.5) is 0 Å². The van der Waals surface area contributed by atoms with Crippen molar-refractivity contribution in [3.63, 3.8) is 0 Å². The molecule has 1 atom stereocenters. The summed E-state index contributed by atoms with van der Waals surface area (Å²) in [6.45, 7) is 6.43. The minimum Gasteiger partial charge on any atom is -0.480 e. The van der Waals surface area contributed by atoms with E-state index in [0.29, 0.717) is 25.9 Å². The number of carbonyl (C=O) groups excluding carboxylic acids is 2. The molecule has 1 aliphatic carbocycles. The normalized spacial score (nSPS) is 17.7. The summed E-state index contributed by atoms with van der Waals surface area (Å²) in [6.07, 6.45) is 0.695. The fraction of sp³-hybridized carbons (Fsp3) is 0.750. The molecule has 0 aromatic rings. The predicted molar refractivity (Wildman–Crippen MR) is 64.8 cm³/mol. The summed E-state index contributed by atoms with van der Waals surface area (Å²) < 4.78 is 0. The second-order valence-corrected chi connectivity index (χ2v) is 4.59. The van der Waals surface area contributed by atoms with Crippen LogP contribution >= 0.6 is 0 Å². The van der Waals surface area contributed by atoms with Crippen molar-refractivity contribution in [2.45, 2.75) is 39.7 Å². The Kier molecular flexibility index (Phi) is 4.32. The van der Waals surface area contributed by atoms with Crippen LogP contribution in [0.5, 0.6) is 0 Å². The standard InChI is InChI=1S/C12H20N2O4/c1-4-14(5-2)9(15)8(3)13-10(16)12(6-7-12)11(17)18/h8H,4-7H2,1-3H3,(H,13,16)(H,17,18). The molecule has 6 nitrogen and oxygen atoms in total. The van der Waals surface area contributed by atoms with Gasteiger partial charge in [0.25, 0.3) is 0 Å². The molecule has 2 N–H and O–H groups in total. The molecule has 0 saturated heterocycles. The molecule has 1 unspecified atom stereocenters. The average molecular weight is 256 g/mol. The molecule has 1 saturated carbocycles. The van der Waals surface area contributed by atoms with Crippen LogP contribution in [-0.4, -0.2) is 46.9 Å². The van der Waals surface area contributed by atoms with Gasteiger partial charge in [0.15, 0.2) is 0 Å². The van der Waals surface area contributed by atoms with E-state index in [9.17, 15) is 14.4 Å². The predicted octanol–water partition coefficient (Wildman–Crippen LogP) is 0.224. The second kappa shape index (κ2) is 5.37. The molecule has 0 bridgehead atoms. The summed E-state index contributed by atoms with van der Waals surface area (Å²) in [6, 6.07) is -0.686. The Bertz CT molecular complexity index is 359. The minimum atomic E-state index is -1.29. The zero-order valence-corrected chi connectivity index (χ0v) is 11.0. The van der Waals surface area contributed by atoms with Gasteiger partial charge in [-0.05, 0) is 33.6 Å². The van der Waals surface area contributed by atoms with E-state index in [1.54, 1.807) is 11.8 Å². The number of carboxylic acids is 1. The Morgan fingerprint density at radius 3 is 2.11 bits per heavy atom. The molecule has 0 aliphatic heterocycles. The maximum Gasteiger partial charge on any atom is 0.319 e. The Morgan fingerprint density at radius 2 is 1.78 bits per heavy atom. The number of amides is 2. The van der Waals surface area contributed by atoms with Crippen molar-refractivity contribution in [2.24, 2.45) is 5.41 Å². The SMILES string of the molecule is CCN(CC)C(=O)C(C)NC(=O)C1(C(=O)O)CC1. The van der Waals surface area contributed by atoms with Crippen molar-refractivity contribution in [3.05, 3.63) is 0 Å². The summed E-state index contributed by atoms with van der Waals surface area (Å²) >= 11 is 0. The molecule has 0 aromatic heterocycles. The number of nitrogens with zero attached hydrogens (tertiary/aromatic N) is 1. The fourth-order valence-electron chi connectivity index (χ4n) is 1.87.